The van der Waals surface area contributed by atoms with Crippen LogP contribution in [-0.2, 0) is 0 Å². The molecule has 1 aliphatic rings. The van der Waals surface area contributed by atoms with Crippen LogP contribution in [0.1, 0.15) is 16.9 Å². The van der Waals surface area contributed by atoms with Gasteiger partial charge in [-0.05, 0) is 24.3 Å². The van der Waals surface area contributed by atoms with Crippen LogP contribution < -0.4 is 0 Å². The third-order valence-electron chi connectivity index (χ3n) is 2.22. The SMILES string of the molecule is O=C(c1ccccn1)C1CCSC1. The smallest absolute Gasteiger partial charge is 0.185 e. The number of rotatable bonds is 2. The van der Waals surface area contributed by atoms with Crippen LogP contribution in [0.25, 0.3) is 0 Å². The van der Waals surface area contributed by atoms with Gasteiger partial charge < -0.3 is 0 Å². The minimum Gasteiger partial charge on any atom is -0.292 e. The maximum Gasteiger partial charge on any atom is 0.185 e. The van der Waals surface area contributed by atoms with Crippen molar-refractivity contribution in [3.05, 3.63) is 30.1 Å². The van der Waals surface area contributed by atoms with Gasteiger partial charge in [0.05, 0.1) is 0 Å². The number of hydrogen-bond donors (Lipinski definition) is 0. The molecule has 0 saturated carbocycles. The molecule has 0 aliphatic carbocycles. The number of aromatic nitrogens is 1. The molecule has 2 nitrogen and oxygen atoms in total. The summed E-state index contributed by atoms with van der Waals surface area (Å²) < 4.78 is 0. The third kappa shape index (κ3) is 1.91. The standard InChI is InChI=1S/C10H11NOS/c12-10(8-4-6-13-7-8)9-3-1-2-5-11-9/h1-3,5,8H,4,6-7H2. The minimum absolute atomic E-state index is 0.208. The van der Waals surface area contributed by atoms with Gasteiger partial charge in [0, 0.05) is 17.9 Å². The van der Waals surface area contributed by atoms with Crippen molar-refractivity contribution >= 4 is 17.5 Å². The molecule has 0 bridgehead atoms. The molecule has 3 heteroatoms. The topological polar surface area (TPSA) is 30.0 Å². The number of pyridine rings is 1. The van der Waals surface area contributed by atoms with E-state index in [1.807, 2.05) is 23.9 Å². The molecule has 1 atom stereocenters. The first-order chi connectivity index (χ1) is 6.38. The Kier molecular flexibility index (Phi) is 2.64. The van der Waals surface area contributed by atoms with Gasteiger partial charge in [-0.2, -0.15) is 11.8 Å². The second-order valence-electron chi connectivity index (χ2n) is 3.14. The molecule has 1 unspecified atom stereocenters. The molecule has 1 aromatic rings. The van der Waals surface area contributed by atoms with Crippen molar-refractivity contribution in [2.24, 2.45) is 5.92 Å². The minimum atomic E-state index is 0.208. The van der Waals surface area contributed by atoms with Crippen LogP contribution in [0.2, 0.25) is 0 Å². The zero-order chi connectivity index (χ0) is 9.10. The Labute approximate surface area is 81.8 Å². The van der Waals surface area contributed by atoms with Gasteiger partial charge in [0.2, 0.25) is 0 Å². The Bertz CT molecular complexity index is 293. The molecular weight excluding hydrogens is 182 g/mol. The lowest BCUT2D eigenvalue weighted by Crippen LogP contribution is -2.14. The summed E-state index contributed by atoms with van der Waals surface area (Å²) >= 11 is 1.86. The highest BCUT2D eigenvalue weighted by Gasteiger charge is 2.24. The quantitative estimate of drug-likeness (QED) is 0.673. The first kappa shape index (κ1) is 8.75. The van der Waals surface area contributed by atoms with Gasteiger partial charge in [0.1, 0.15) is 5.69 Å². The highest BCUT2D eigenvalue weighted by Crippen LogP contribution is 2.25. The Morgan fingerprint density at radius 3 is 3.08 bits per heavy atom. The second kappa shape index (κ2) is 3.92. The maximum atomic E-state index is 11.8. The summed E-state index contributed by atoms with van der Waals surface area (Å²) in [5.41, 5.74) is 0.620. The normalized spacial score (nSPS) is 21.7. The fourth-order valence-corrected chi connectivity index (χ4v) is 2.68. The monoisotopic (exact) mass is 193 g/mol. The van der Waals surface area contributed by atoms with Crippen molar-refractivity contribution in [3.63, 3.8) is 0 Å². The molecule has 1 saturated heterocycles. The van der Waals surface area contributed by atoms with E-state index in [2.05, 4.69) is 4.98 Å². The highest BCUT2D eigenvalue weighted by molar-refractivity contribution is 7.99. The lowest BCUT2D eigenvalue weighted by Gasteiger charge is -2.04. The van der Waals surface area contributed by atoms with Gasteiger partial charge in [-0.15, -0.1) is 0 Å². The molecule has 1 fully saturated rings. The van der Waals surface area contributed by atoms with Gasteiger partial charge in [-0.25, -0.2) is 0 Å². The molecular formula is C10H11NOS. The van der Waals surface area contributed by atoms with Gasteiger partial charge >= 0.3 is 0 Å². The van der Waals surface area contributed by atoms with E-state index in [9.17, 15) is 4.79 Å². The Morgan fingerprint density at radius 1 is 1.54 bits per heavy atom. The molecule has 0 radical (unpaired) electrons. The molecule has 13 heavy (non-hydrogen) atoms. The van der Waals surface area contributed by atoms with Gasteiger partial charge in [-0.3, -0.25) is 9.78 Å². The second-order valence-corrected chi connectivity index (χ2v) is 4.29. The lowest BCUT2D eigenvalue weighted by atomic mass is 10.0. The van der Waals surface area contributed by atoms with E-state index < -0.39 is 0 Å². The predicted octanol–water partition coefficient (Wildman–Crippen LogP) is 2.02. The summed E-state index contributed by atoms with van der Waals surface area (Å²) in [6.45, 7) is 0. The number of carbonyl (C=O) groups excluding carboxylic acids is 1. The first-order valence-electron chi connectivity index (χ1n) is 4.41. The third-order valence-corrected chi connectivity index (χ3v) is 3.38. The van der Waals surface area contributed by atoms with Gasteiger partial charge in [-0.1, -0.05) is 6.07 Å². The van der Waals surface area contributed by atoms with E-state index in [4.69, 9.17) is 0 Å². The fraction of sp³-hybridized carbons (Fsp3) is 0.400. The van der Waals surface area contributed by atoms with Crippen molar-refractivity contribution in [1.29, 1.82) is 0 Å². The summed E-state index contributed by atoms with van der Waals surface area (Å²) in [5, 5.41) is 0. The Morgan fingerprint density at radius 2 is 2.46 bits per heavy atom. The molecule has 0 aromatic carbocycles. The zero-order valence-electron chi connectivity index (χ0n) is 7.27. The first-order valence-corrected chi connectivity index (χ1v) is 5.56. The number of nitrogens with zero attached hydrogens (tertiary/aromatic N) is 1. The van der Waals surface area contributed by atoms with Gasteiger partial charge in [0.15, 0.2) is 5.78 Å². The van der Waals surface area contributed by atoms with E-state index >= 15 is 0 Å². The average Bonchev–Trinajstić information content (AvgIpc) is 2.71. The zero-order valence-corrected chi connectivity index (χ0v) is 8.09. The van der Waals surface area contributed by atoms with Crippen molar-refractivity contribution in [3.8, 4) is 0 Å². The predicted molar refractivity (Wildman–Crippen MR) is 54.0 cm³/mol. The average molecular weight is 193 g/mol. The van der Waals surface area contributed by atoms with E-state index in [0.29, 0.717) is 5.69 Å². The molecule has 1 aliphatic heterocycles. The molecule has 2 rings (SSSR count). The van der Waals surface area contributed by atoms with Crippen LogP contribution in [0, 0.1) is 5.92 Å². The van der Waals surface area contributed by atoms with Gasteiger partial charge in [0.25, 0.3) is 0 Å². The summed E-state index contributed by atoms with van der Waals surface area (Å²) in [6.07, 6.45) is 2.69. The highest BCUT2D eigenvalue weighted by atomic mass is 32.2. The van der Waals surface area contributed by atoms with Crippen LogP contribution >= 0.6 is 11.8 Å². The summed E-state index contributed by atoms with van der Waals surface area (Å²) in [4.78, 5) is 15.8. The number of carbonyl (C=O) groups is 1. The summed E-state index contributed by atoms with van der Waals surface area (Å²) in [5.74, 6) is 2.50. The molecule has 2 heterocycles. The Balaban J connectivity index is 2.13. The molecule has 68 valence electrons. The molecule has 0 spiro atoms. The van der Waals surface area contributed by atoms with E-state index in [0.717, 1.165) is 17.9 Å². The summed E-state index contributed by atoms with van der Waals surface area (Å²) in [6, 6.07) is 5.49. The molecule has 0 N–H and O–H groups in total. The lowest BCUT2D eigenvalue weighted by molar-refractivity contribution is 0.0928. The van der Waals surface area contributed by atoms with Crippen LogP contribution in [0.15, 0.2) is 24.4 Å². The van der Waals surface area contributed by atoms with Crippen LogP contribution in [0.5, 0.6) is 0 Å². The van der Waals surface area contributed by atoms with Crippen LogP contribution in [0.4, 0.5) is 0 Å². The van der Waals surface area contributed by atoms with Crippen molar-refractivity contribution in [2.75, 3.05) is 11.5 Å². The van der Waals surface area contributed by atoms with Crippen LogP contribution in [-0.4, -0.2) is 22.3 Å². The number of hydrogen-bond acceptors (Lipinski definition) is 3. The molecule has 1 aromatic heterocycles. The molecule has 0 amide bonds. The largest absolute Gasteiger partial charge is 0.292 e. The van der Waals surface area contributed by atoms with Crippen molar-refractivity contribution in [2.45, 2.75) is 6.42 Å². The van der Waals surface area contributed by atoms with Crippen molar-refractivity contribution in [1.82, 2.24) is 4.98 Å². The van der Waals surface area contributed by atoms with E-state index in [-0.39, 0.29) is 11.7 Å². The van der Waals surface area contributed by atoms with Crippen LogP contribution in [0.3, 0.4) is 0 Å². The Hall–Kier alpha value is -0.830. The fourth-order valence-electron chi connectivity index (χ4n) is 1.46. The number of Topliss-reactive ketones (excluding diaryl/α,β-unsaturated/α-hetero) is 1. The maximum absolute atomic E-state index is 11.8. The van der Waals surface area contributed by atoms with Crippen molar-refractivity contribution < 1.29 is 4.79 Å². The number of ketones is 1. The summed E-state index contributed by atoms with van der Waals surface area (Å²) in [7, 11) is 0. The van der Waals surface area contributed by atoms with E-state index in [1.165, 1.54) is 0 Å². The van der Waals surface area contributed by atoms with E-state index in [1.54, 1.807) is 12.3 Å². The number of thioether (sulfide) groups is 1.